The van der Waals surface area contributed by atoms with Crippen LogP contribution < -0.4 is 10.3 Å². The number of fused-ring (bicyclic) bond motifs is 1. The molecule has 2 aromatic heterocycles. The molecule has 0 aliphatic carbocycles. The van der Waals surface area contributed by atoms with Gasteiger partial charge in [0.15, 0.2) is 0 Å². The molecule has 10 heteroatoms. The number of hydrogen-bond donors (Lipinski definition) is 3. The maximum absolute atomic E-state index is 13.5. The number of aliphatic hydroxyl groups is 2. The molecule has 1 aliphatic heterocycles. The van der Waals surface area contributed by atoms with Gasteiger partial charge in [-0.1, -0.05) is 20.3 Å². The van der Waals surface area contributed by atoms with Crippen LogP contribution >= 0.6 is 0 Å². The van der Waals surface area contributed by atoms with Crippen molar-refractivity contribution in [2.24, 2.45) is 12.5 Å². The molecule has 1 unspecified atom stereocenters. The minimum absolute atomic E-state index is 0.0847. The molecular weight excluding hydrogens is 480 g/mol. The Bertz CT molecular complexity index is 1290. The second-order valence-electron chi connectivity index (χ2n) is 9.63. The van der Waals surface area contributed by atoms with Crippen LogP contribution in [-0.4, -0.2) is 66.2 Å². The number of aromatic amines is 1. The van der Waals surface area contributed by atoms with Crippen LogP contribution in [0.15, 0.2) is 34.1 Å². The fourth-order valence-electron chi connectivity index (χ4n) is 4.74. The molecule has 3 N–H and O–H groups in total. The van der Waals surface area contributed by atoms with Gasteiger partial charge in [0, 0.05) is 31.7 Å². The molecule has 1 aliphatic rings. The summed E-state index contributed by atoms with van der Waals surface area (Å²) < 4.78 is 23.1. The SMILES string of the molecule is CCCOc1ccc(S(=O)N2CCC(CO)(CO)CC2)cc1-c1nc2c(CCC)cn(C)c2c(=O)[nH]1. The minimum Gasteiger partial charge on any atom is -0.493 e. The third kappa shape index (κ3) is 5.13. The zero-order valence-corrected chi connectivity index (χ0v) is 22.1. The maximum Gasteiger partial charge on any atom is 0.275 e. The molecular formula is C26H36N4O5S. The summed E-state index contributed by atoms with van der Waals surface area (Å²) in [5.41, 5.74) is 2.07. The highest BCUT2D eigenvalue weighted by Gasteiger charge is 2.35. The van der Waals surface area contributed by atoms with Gasteiger partial charge in [0.1, 0.15) is 28.1 Å². The molecule has 0 spiro atoms. The van der Waals surface area contributed by atoms with Gasteiger partial charge in [0.05, 0.1) is 35.8 Å². The number of benzene rings is 1. The molecule has 0 radical (unpaired) electrons. The molecule has 3 aromatic rings. The molecule has 1 aromatic carbocycles. The van der Waals surface area contributed by atoms with E-state index in [2.05, 4.69) is 11.9 Å². The van der Waals surface area contributed by atoms with Crippen LogP contribution in [0, 0.1) is 5.41 Å². The van der Waals surface area contributed by atoms with E-state index < -0.39 is 16.4 Å². The Hall–Kier alpha value is -2.53. The van der Waals surface area contributed by atoms with E-state index in [-0.39, 0.29) is 18.8 Å². The molecule has 1 fully saturated rings. The molecule has 0 amide bonds. The van der Waals surface area contributed by atoms with Crippen molar-refractivity contribution in [1.82, 2.24) is 18.8 Å². The topological polar surface area (TPSA) is 121 Å². The van der Waals surface area contributed by atoms with Gasteiger partial charge in [-0.2, -0.15) is 0 Å². The van der Waals surface area contributed by atoms with Crippen LogP contribution in [0.2, 0.25) is 0 Å². The number of piperidine rings is 1. The molecule has 0 bridgehead atoms. The van der Waals surface area contributed by atoms with Crippen LogP contribution in [0.25, 0.3) is 22.4 Å². The summed E-state index contributed by atoms with van der Waals surface area (Å²) in [5.74, 6) is 0.963. The number of ether oxygens (including phenoxy) is 1. The predicted octanol–water partition coefficient (Wildman–Crippen LogP) is 2.76. The average Bonchev–Trinajstić information content (AvgIpc) is 3.22. The quantitative estimate of drug-likeness (QED) is 0.381. The van der Waals surface area contributed by atoms with Crippen molar-refractivity contribution in [2.75, 3.05) is 32.9 Å². The number of nitrogens with zero attached hydrogens (tertiary/aromatic N) is 3. The first-order valence-electron chi connectivity index (χ1n) is 12.6. The zero-order valence-electron chi connectivity index (χ0n) is 21.2. The van der Waals surface area contributed by atoms with Crippen molar-refractivity contribution in [2.45, 2.75) is 50.8 Å². The first-order chi connectivity index (χ1) is 17.4. The maximum atomic E-state index is 13.5. The van der Waals surface area contributed by atoms with Gasteiger partial charge in [0.2, 0.25) is 0 Å². The lowest BCUT2D eigenvalue weighted by atomic mass is 9.81. The lowest BCUT2D eigenvalue weighted by Crippen LogP contribution is -2.44. The van der Waals surface area contributed by atoms with Gasteiger partial charge in [-0.25, -0.2) is 13.5 Å². The smallest absolute Gasteiger partial charge is 0.275 e. The standard InChI is InChI=1S/C26H36N4O5S/c1-4-6-18-15-29(3)23-22(18)27-24(28-25(23)33)20-14-19(7-8-21(20)35-13-5-2)36(34)30-11-9-26(16-31,17-32)10-12-30/h7-8,14-15,31-32H,4-6,9-13,16-17H2,1-3H3,(H,27,28,33). The summed E-state index contributed by atoms with van der Waals surface area (Å²) in [6.07, 6.45) is 5.66. The lowest BCUT2D eigenvalue weighted by molar-refractivity contribution is 0.0154. The van der Waals surface area contributed by atoms with Crippen molar-refractivity contribution in [3.05, 3.63) is 40.3 Å². The van der Waals surface area contributed by atoms with Crippen molar-refractivity contribution in [1.29, 1.82) is 0 Å². The number of aryl methyl sites for hydroxylation is 2. The molecule has 4 rings (SSSR count). The Morgan fingerprint density at radius 2 is 1.89 bits per heavy atom. The fourth-order valence-corrected chi connectivity index (χ4v) is 5.96. The fraction of sp³-hybridized carbons (Fsp3) is 0.538. The Kier molecular flexibility index (Phi) is 8.29. The van der Waals surface area contributed by atoms with Crippen LogP contribution in [-0.2, 0) is 24.5 Å². The third-order valence-electron chi connectivity index (χ3n) is 6.98. The van der Waals surface area contributed by atoms with Crippen LogP contribution in [0.1, 0.15) is 45.1 Å². The number of aromatic nitrogens is 3. The van der Waals surface area contributed by atoms with E-state index in [0.29, 0.717) is 65.6 Å². The summed E-state index contributed by atoms with van der Waals surface area (Å²) in [6.45, 7) is 5.45. The van der Waals surface area contributed by atoms with Crippen LogP contribution in [0.3, 0.4) is 0 Å². The molecule has 1 saturated heterocycles. The van der Waals surface area contributed by atoms with E-state index in [1.807, 2.05) is 29.0 Å². The molecule has 1 atom stereocenters. The first kappa shape index (κ1) is 26.5. The van der Waals surface area contributed by atoms with Crippen LogP contribution in [0.5, 0.6) is 5.75 Å². The molecule has 0 saturated carbocycles. The van der Waals surface area contributed by atoms with E-state index in [0.717, 1.165) is 24.8 Å². The lowest BCUT2D eigenvalue weighted by Gasteiger charge is -2.38. The molecule has 3 heterocycles. The monoisotopic (exact) mass is 516 g/mol. The van der Waals surface area contributed by atoms with Crippen molar-refractivity contribution in [3.8, 4) is 17.1 Å². The normalized spacial score (nSPS) is 16.9. The van der Waals surface area contributed by atoms with E-state index in [1.165, 1.54) is 0 Å². The number of nitrogens with one attached hydrogen (secondary N) is 1. The van der Waals surface area contributed by atoms with Gasteiger partial charge in [-0.15, -0.1) is 0 Å². The highest BCUT2D eigenvalue weighted by Crippen LogP contribution is 2.34. The van der Waals surface area contributed by atoms with Gasteiger partial charge < -0.3 is 24.5 Å². The van der Waals surface area contributed by atoms with Crippen molar-refractivity contribution in [3.63, 3.8) is 0 Å². The van der Waals surface area contributed by atoms with Crippen LogP contribution in [0.4, 0.5) is 0 Å². The highest BCUT2D eigenvalue weighted by molar-refractivity contribution is 7.82. The second kappa shape index (κ2) is 11.2. The molecule has 9 nitrogen and oxygen atoms in total. The van der Waals surface area contributed by atoms with Crippen molar-refractivity contribution >= 4 is 22.0 Å². The van der Waals surface area contributed by atoms with Gasteiger partial charge in [-0.3, -0.25) is 4.79 Å². The summed E-state index contributed by atoms with van der Waals surface area (Å²) >= 11 is 0. The summed E-state index contributed by atoms with van der Waals surface area (Å²) in [7, 11) is 0.396. The van der Waals surface area contributed by atoms with Gasteiger partial charge >= 0.3 is 0 Å². The zero-order chi connectivity index (χ0) is 25.9. The van der Waals surface area contributed by atoms with E-state index >= 15 is 0 Å². The van der Waals surface area contributed by atoms with E-state index in [9.17, 15) is 19.2 Å². The summed E-state index contributed by atoms with van der Waals surface area (Å²) in [5, 5.41) is 19.4. The Balaban J connectivity index is 1.73. The summed E-state index contributed by atoms with van der Waals surface area (Å²) in [6, 6.07) is 5.36. The van der Waals surface area contributed by atoms with E-state index in [1.54, 1.807) is 18.2 Å². The second-order valence-corrected chi connectivity index (χ2v) is 11.1. The number of H-pyrrole nitrogens is 1. The largest absolute Gasteiger partial charge is 0.493 e. The number of aliphatic hydroxyl groups excluding tert-OH is 2. The van der Waals surface area contributed by atoms with E-state index in [4.69, 9.17) is 9.72 Å². The Morgan fingerprint density at radius 3 is 2.53 bits per heavy atom. The Morgan fingerprint density at radius 1 is 1.17 bits per heavy atom. The number of rotatable bonds is 10. The van der Waals surface area contributed by atoms with Gasteiger partial charge in [-0.05, 0) is 49.4 Å². The van der Waals surface area contributed by atoms with Gasteiger partial charge in [0.25, 0.3) is 5.56 Å². The number of hydrogen-bond acceptors (Lipinski definition) is 6. The van der Waals surface area contributed by atoms with Crippen molar-refractivity contribution < 1.29 is 19.2 Å². The highest BCUT2D eigenvalue weighted by atomic mass is 32.2. The molecule has 196 valence electrons. The minimum atomic E-state index is -1.45. The average molecular weight is 517 g/mol. The third-order valence-corrected chi connectivity index (χ3v) is 8.47. The summed E-state index contributed by atoms with van der Waals surface area (Å²) in [4.78, 5) is 21.4. The first-order valence-corrected chi connectivity index (χ1v) is 13.7. The Labute approximate surface area is 213 Å². The molecule has 36 heavy (non-hydrogen) atoms. The predicted molar refractivity (Wildman–Crippen MR) is 140 cm³/mol.